The van der Waals surface area contributed by atoms with Gasteiger partial charge >= 0.3 is 6.09 Å². The van der Waals surface area contributed by atoms with Crippen LogP contribution in [-0.4, -0.2) is 54.6 Å². The van der Waals surface area contributed by atoms with Gasteiger partial charge in [0, 0.05) is 32.3 Å². The lowest BCUT2D eigenvalue weighted by Crippen LogP contribution is -2.50. The lowest BCUT2D eigenvalue weighted by atomic mass is 10.0. The average Bonchev–Trinajstić information content (AvgIpc) is 2.60. The van der Waals surface area contributed by atoms with E-state index >= 15 is 0 Å². The van der Waals surface area contributed by atoms with Crippen LogP contribution in [0.3, 0.4) is 0 Å². The van der Waals surface area contributed by atoms with Crippen molar-refractivity contribution >= 4 is 18.1 Å². The van der Waals surface area contributed by atoms with Gasteiger partial charge < -0.3 is 14.5 Å². The van der Waals surface area contributed by atoms with Gasteiger partial charge in [-0.2, -0.15) is 0 Å². The van der Waals surface area contributed by atoms with Gasteiger partial charge in [-0.05, 0) is 30.0 Å². The zero-order chi connectivity index (χ0) is 17.5. The molecule has 24 heavy (non-hydrogen) atoms. The molecule has 0 atom stereocenters. The van der Waals surface area contributed by atoms with E-state index in [0.29, 0.717) is 38.7 Å². The minimum absolute atomic E-state index is 0.0218. The molecule has 2 rings (SSSR count). The van der Waals surface area contributed by atoms with Crippen molar-refractivity contribution < 1.29 is 14.3 Å². The Bertz CT molecular complexity index is 585. The van der Waals surface area contributed by atoms with Crippen molar-refractivity contribution in [1.29, 1.82) is 0 Å². The average molecular weight is 330 g/mol. The Labute approximate surface area is 143 Å². The molecular formula is C19H26N2O3. The van der Waals surface area contributed by atoms with Crippen molar-refractivity contribution in [3.05, 3.63) is 41.5 Å². The van der Waals surface area contributed by atoms with Crippen LogP contribution in [0.5, 0.6) is 0 Å². The van der Waals surface area contributed by atoms with Crippen molar-refractivity contribution in [2.24, 2.45) is 0 Å². The number of rotatable bonds is 4. The van der Waals surface area contributed by atoms with E-state index in [4.69, 9.17) is 4.74 Å². The van der Waals surface area contributed by atoms with Crippen molar-refractivity contribution in [3.8, 4) is 0 Å². The zero-order valence-corrected chi connectivity index (χ0v) is 14.7. The number of piperazine rings is 1. The molecule has 1 heterocycles. The molecule has 130 valence electrons. The second kappa shape index (κ2) is 8.52. The summed E-state index contributed by atoms with van der Waals surface area (Å²) in [4.78, 5) is 27.3. The number of amides is 2. The molecule has 0 spiro atoms. The smallest absolute Gasteiger partial charge is 0.409 e. The molecule has 1 aromatic rings. The fourth-order valence-corrected chi connectivity index (χ4v) is 2.59. The van der Waals surface area contributed by atoms with Crippen molar-refractivity contribution in [1.82, 2.24) is 9.80 Å². The van der Waals surface area contributed by atoms with Gasteiger partial charge in [0.05, 0.1) is 6.61 Å². The van der Waals surface area contributed by atoms with Crippen molar-refractivity contribution in [2.45, 2.75) is 26.7 Å². The van der Waals surface area contributed by atoms with E-state index in [2.05, 4.69) is 26.0 Å². The number of ether oxygens (including phenoxy) is 1. The van der Waals surface area contributed by atoms with Gasteiger partial charge in [0.2, 0.25) is 5.91 Å². The Balaban J connectivity index is 1.86. The summed E-state index contributed by atoms with van der Waals surface area (Å²) >= 11 is 0. The van der Waals surface area contributed by atoms with E-state index in [0.717, 1.165) is 5.56 Å². The fraction of sp³-hybridized carbons (Fsp3) is 0.474. The summed E-state index contributed by atoms with van der Waals surface area (Å²) in [6.07, 6.45) is 3.14. The Kier molecular flexibility index (Phi) is 6.41. The molecule has 1 aliphatic rings. The highest BCUT2D eigenvalue weighted by Crippen LogP contribution is 2.15. The summed E-state index contributed by atoms with van der Waals surface area (Å²) in [7, 11) is 0. The quantitative estimate of drug-likeness (QED) is 0.797. The van der Waals surface area contributed by atoms with Crippen LogP contribution in [0.15, 0.2) is 30.3 Å². The van der Waals surface area contributed by atoms with Gasteiger partial charge in [0.25, 0.3) is 0 Å². The molecule has 1 fully saturated rings. The summed E-state index contributed by atoms with van der Waals surface area (Å²) in [5.74, 6) is 0.479. The number of hydrogen-bond donors (Lipinski definition) is 0. The maximum atomic E-state index is 12.3. The van der Waals surface area contributed by atoms with Crippen LogP contribution in [-0.2, 0) is 9.53 Å². The van der Waals surface area contributed by atoms with Crippen molar-refractivity contribution in [3.63, 3.8) is 0 Å². The number of nitrogens with zero attached hydrogens (tertiary/aromatic N) is 2. The first-order valence-corrected chi connectivity index (χ1v) is 8.50. The molecule has 1 aromatic carbocycles. The summed E-state index contributed by atoms with van der Waals surface area (Å²) in [5.41, 5.74) is 2.30. The first-order chi connectivity index (χ1) is 11.5. The van der Waals surface area contributed by atoms with E-state index in [9.17, 15) is 9.59 Å². The maximum absolute atomic E-state index is 12.3. The molecule has 5 nitrogen and oxygen atoms in total. The van der Waals surface area contributed by atoms with Gasteiger partial charge in [0.15, 0.2) is 0 Å². The lowest BCUT2D eigenvalue weighted by Gasteiger charge is -2.33. The second-order valence-electron chi connectivity index (χ2n) is 6.17. The predicted octanol–water partition coefficient (Wildman–Crippen LogP) is 3.12. The lowest BCUT2D eigenvalue weighted by molar-refractivity contribution is -0.127. The standard InChI is InChI=1S/C19H26N2O3/c1-4-24-19(23)21-13-11-20(12-14-21)18(22)10-7-16-5-8-17(9-6-16)15(2)3/h5-10,15H,4,11-14H2,1-3H3/b10-7+. The predicted molar refractivity (Wildman–Crippen MR) is 94.7 cm³/mol. The molecule has 0 radical (unpaired) electrons. The van der Waals surface area contributed by atoms with Crippen LogP contribution in [0.1, 0.15) is 37.8 Å². The third-order valence-corrected chi connectivity index (χ3v) is 4.14. The minimum atomic E-state index is -0.301. The molecule has 1 aliphatic heterocycles. The number of carbonyl (C=O) groups is 2. The Hall–Kier alpha value is -2.30. The van der Waals surface area contributed by atoms with Gasteiger partial charge in [-0.1, -0.05) is 38.1 Å². The topological polar surface area (TPSA) is 49.9 Å². The van der Waals surface area contributed by atoms with Gasteiger partial charge in [-0.3, -0.25) is 4.79 Å². The SMILES string of the molecule is CCOC(=O)N1CCN(C(=O)/C=C/c2ccc(C(C)C)cc2)CC1. The van der Waals surface area contributed by atoms with Crippen LogP contribution >= 0.6 is 0 Å². The van der Waals surface area contributed by atoms with E-state index in [1.165, 1.54) is 5.56 Å². The van der Waals surface area contributed by atoms with Crippen LogP contribution < -0.4 is 0 Å². The molecule has 0 aromatic heterocycles. The minimum Gasteiger partial charge on any atom is -0.450 e. The van der Waals surface area contributed by atoms with Crippen LogP contribution in [0, 0.1) is 0 Å². The number of benzene rings is 1. The third-order valence-electron chi connectivity index (χ3n) is 4.14. The van der Waals surface area contributed by atoms with Gasteiger partial charge in [-0.25, -0.2) is 4.79 Å². The molecule has 1 saturated heterocycles. The first kappa shape index (κ1) is 18.0. The van der Waals surface area contributed by atoms with E-state index in [1.54, 1.807) is 22.8 Å². The largest absolute Gasteiger partial charge is 0.450 e. The molecule has 0 N–H and O–H groups in total. The number of carbonyl (C=O) groups excluding carboxylic acids is 2. The molecule has 2 amide bonds. The van der Waals surface area contributed by atoms with Crippen LogP contribution in [0.2, 0.25) is 0 Å². The fourth-order valence-electron chi connectivity index (χ4n) is 2.59. The van der Waals surface area contributed by atoms with Crippen molar-refractivity contribution in [2.75, 3.05) is 32.8 Å². The maximum Gasteiger partial charge on any atom is 0.409 e. The monoisotopic (exact) mass is 330 g/mol. The molecule has 0 aliphatic carbocycles. The highest BCUT2D eigenvalue weighted by atomic mass is 16.6. The van der Waals surface area contributed by atoms with E-state index in [1.807, 2.05) is 18.2 Å². The van der Waals surface area contributed by atoms with Gasteiger partial charge in [-0.15, -0.1) is 0 Å². The molecular weight excluding hydrogens is 304 g/mol. The summed E-state index contributed by atoms with van der Waals surface area (Å²) in [6, 6.07) is 8.23. The van der Waals surface area contributed by atoms with E-state index < -0.39 is 0 Å². The highest BCUT2D eigenvalue weighted by Gasteiger charge is 2.23. The zero-order valence-electron chi connectivity index (χ0n) is 14.7. The molecule has 5 heteroatoms. The molecule has 0 bridgehead atoms. The first-order valence-electron chi connectivity index (χ1n) is 8.50. The highest BCUT2D eigenvalue weighted by molar-refractivity contribution is 5.92. The summed E-state index contributed by atoms with van der Waals surface area (Å²) in [6.45, 7) is 8.58. The summed E-state index contributed by atoms with van der Waals surface area (Å²) < 4.78 is 4.98. The molecule has 0 saturated carbocycles. The third kappa shape index (κ3) is 4.85. The van der Waals surface area contributed by atoms with Gasteiger partial charge in [0.1, 0.15) is 0 Å². The normalized spacial score (nSPS) is 15.2. The molecule has 0 unspecified atom stereocenters. The van der Waals surface area contributed by atoms with Crippen LogP contribution in [0.4, 0.5) is 4.79 Å². The van der Waals surface area contributed by atoms with Crippen LogP contribution in [0.25, 0.3) is 6.08 Å². The van der Waals surface area contributed by atoms with E-state index in [-0.39, 0.29) is 12.0 Å². The number of hydrogen-bond acceptors (Lipinski definition) is 3. The Morgan fingerprint density at radius 2 is 1.67 bits per heavy atom. The summed E-state index contributed by atoms with van der Waals surface area (Å²) in [5, 5.41) is 0. The Morgan fingerprint density at radius 1 is 1.08 bits per heavy atom. The Morgan fingerprint density at radius 3 is 2.21 bits per heavy atom. The second-order valence-corrected chi connectivity index (χ2v) is 6.17.